The van der Waals surface area contributed by atoms with Gasteiger partial charge in [-0.15, -0.1) is 11.3 Å². The first-order valence-corrected chi connectivity index (χ1v) is 7.81. The zero-order chi connectivity index (χ0) is 14.1. The highest BCUT2D eigenvalue weighted by Crippen LogP contribution is 2.33. The number of aromatic nitrogens is 1. The molecule has 0 spiro atoms. The molecule has 0 bridgehead atoms. The van der Waals surface area contributed by atoms with E-state index in [1.165, 1.54) is 11.3 Å². The Hall–Kier alpha value is -1.63. The number of nitrogens with two attached hydrogens (primary N) is 1. The van der Waals surface area contributed by atoms with E-state index < -0.39 is 0 Å². The molecule has 1 aromatic rings. The lowest BCUT2D eigenvalue weighted by molar-refractivity contribution is -0.139. The van der Waals surface area contributed by atoms with Crippen molar-refractivity contribution in [2.45, 2.75) is 38.3 Å². The molecule has 2 heterocycles. The normalized spacial score (nSPS) is 22.0. The van der Waals surface area contributed by atoms with Crippen molar-refractivity contribution >= 4 is 28.3 Å². The van der Waals surface area contributed by atoms with Gasteiger partial charge >= 0.3 is 0 Å². The lowest BCUT2D eigenvalue weighted by atomic mass is 10.2. The molecule has 2 fully saturated rings. The summed E-state index contributed by atoms with van der Waals surface area (Å²) in [6.07, 6.45) is 3.60. The molecular formula is C13H18N4O2S. The predicted molar refractivity (Wildman–Crippen MR) is 75.8 cm³/mol. The van der Waals surface area contributed by atoms with Crippen LogP contribution >= 0.6 is 11.3 Å². The van der Waals surface area contributed by atoms with Crippen LogP contribution in [0.4, 0.5) is 5.13 Å². The van der Waals surface area contributed by atoms with Crippen molar-refractivity contribution < 1.29 is 9.59 Å². The van der Waals surface area contributed by atoms with E-state index in [4.69, 9.17) is 5.73 Å². The van der Waals surface area contributed by atoms with Gasteiger partial charge in [-0.05, 0) is 25.7 Å². The van der Waals surface area contributed by atoms with Crippen molar-refractivity contribution in [1.82, 2.24) is 15.2 Å². The van der Waals surface area contributed by atoms with E-state index in [0.29, 0.717) is 18.2 Å². The van der Waals surface area contributed by atoms with Gasteiger partial charge in [0, 0.05) is 17.8 Å². The number of nitrogen functional groups attached to an aromatic ring is 1. The summed E-state index contributed by atoms with van der Waals surface area (Å²) in [7, 11) is 0. The van der Waals surface area contributed by atoms with Crippen molar-refractivity contribution in [3.05, 3.63) is 11.1 Å². The highest BCUT2D eigenvalue weighted by molar-refractivity contribution is 7.13. The predicted octanol–water partition coefficient (Wildman–Crippen LogP) is 0.742. The highest BCUT2D eigenvalue weighted by atomic mass is 32.1. The fraction of sp³-hybridized carbons (Fsp3) is 0.615. The van der Waals surface area contributed by atoms with Crippen molar-refractivity contribution in [2.75, 3.05) is 12.3 Å². The number of amides is 2. The SMILES string of the molecule is Nc1nc(CNC(=O)[C@@H]2CCCN2C(=O)C2CC2)cs1. The van der Waals surface area contributed by atoms with Gasteiger partial charge in [-0.3, -0.25) is 9.59 Å². The van der Waals surface area contributed by atoms with Crippen LogP contribution in [-0.4, -0.2) is 34.3 Å². The van der Waals surface area contributed by atoms with Gasteiger partial charge in [-0.1, -0.05) is 0 Å². The molecule has 0 unspecified atom stereocenters. The lowest BCUT2D eigenvalue weighted by Crippen LogP contribution is -2.46. The van der Waals surface area contributed by atoms with Gasteiger partial charge in [0.05, 0.1) is 12.2 Å². The monoisotopic (exact) mass is 294 g/mol. The van der Waals surface area contributed by atoms with Crippen LogP contribution < -0.4 is 11.1 Å². The second-order valence-electron chi connectivity index (χ2n) is 5.36. The van der Waals surface area contributed by atoms with E-state index in [2.05, 4.69) is 10.3 Å². The average Bonchev–Trinajstić information content (AvgIpc) is 3.02. The summed E-state index contributed by atoms with van der Waals surface area (Å²) in [5, 5.41) is 5.19. The molecule has 20 heavy (non-hydrogen) atoms. The average molecular weight is 294 g/mol. The molecule has 1 aromatic heterocycles. The van der Waals surface area contributed by atoms with Gasteiger partial charge in [-0.2, -0.15) is 0 Å². The summed E-state index contributed by atoms with van der Waals surface area (Å²) in [5.74, 6) is 0.241. The molecular weight excluding hydrogens is 276 g/mol. The maximum atomic E-state index is 12.2. The van der Waals surface area contributed by atoms with E-state index in [-0.39, 0.29) is 23.8 Å². The standard InChI is InChI=1S/C13H18N4O2S/c14-13-16-9(7-20-13)6-15-11(18)10-2-1-5-17(10)12(19)8-3-4-8/h7-8,10H,1-6H2,(H2,14,16)(H,15,18)/t10-/m0/s1. The smallest absolute Gasteiger partial charge is 0.243 e. The van der Waals surface area contributed by atoms with Gasteiger partial charge in [0.1, 0.15) is 6.04 Å². The molecule has 3 rings (SSSR count). The molecule has 0 aromatic carbocycles. The number of thiazole rings is 1. The lowest BCUT2D eigenvalue weighted by Gasteiger charge is -2.23. The molecule has 1 saturated carbocycles. The van der Waals surface area contributed by atoms with Crippen LogP contribution in [0.15, 0.2) is 5.38 Å². The van der Waals surface area contributed by atoms with Gasteiger partial charge in [-0.25, -0.2) is 4.98 Å². The zero-order valence-corrected chi connectivity index (χ0v) is 12.0. The Morgan fingerprint density at radius 1 is 1.45 bits per heavy atom. The zero-order valence-electron chi connectivity index (χ0n) is 11.2. The minimum absolute atomic E-state index is 0.0805. The number of rotatable bonds is 4. The second kappa shape index (κ2) is 5.40. The third-order valence-corrected chi connectivity index (χ3v) is 4.50. The number of hydrogen-bond acceptors (Lipinski definition) is 5. The third-order valence-electron chi connectivity index (χ3n) is 3.78. The number of carbonyl (C=O) groups is 2. The Morgan fingerprint density at radius 2 is 2.25 bits per heavy atom. The number of anilines is 1. The Kier molecular flexibility index (Phi) is 3.60. The van der Waals surface area contributed by atoms with E-state index in [1.807, 2.05) is 5.38 Å². The minimum Gasteiger partial charge on any atom is -0.375 e. The van der Waals surface area contributed by atoms with Crippen LogP contribution in [0, 0.1) is 5.92 Å². The van der Waals surface area contributed by atoms with Crippen molar-refractivity contribution in [3.8, 4) is 0 Å². The summed E-state index contributed by atoms with van der Waals surface area (Å²) in [4.78, 5) is 30.2. The summed E-state index contributed by atoms with van der Waals surface area (Å²) < 4.78 is 0. The first kappa shape index (κ1) is 13.4. The topological polar surface area (TPSA) is 88.3 Å². The van der Waals surface area contributed by atoms with Gasteiger partial charge in [0.15, 0.2) is 5.13 Å². The maximum absolute atomic E-state index is 12.2. The molecule has 1 aliphatic carbocycles. The Bertz CT molecular complexity index is 526. The number of likely N-dealkylation sites (tertiary alicyclic amines) is 1. The highest BCUT2D eigenvalue weighted by Gasteiger charge is 2.40. The summed E-state index contributed by atoms with van der Waals surface area (Å²) in [6, 6.07) is -0.306. The van der Waals surface area contributed by atoms with E-state index in [9.17, 15) is 9.59 Å². The molecule has 3 N–H and O–H groups in total. The Balaban J connectivity index is 1.56. The van der Waals surface area contributed by atoms with E-state index in [1.54, 1.807) is 4.90 Å². The van der Waals surface area contributed by atoms with Crippen LogP contribution in [0.1, 0.15) is 31.4 Å². The maximum Gasteiger partial charge on any atom is 0.243 e. The molecule has 7 heteroatoms. The first-order chi connectivity index (χ1) is 9.65. The van der Waals surface area contributed by atoms with Crippen LogP contribution in [0.5, 0.6) is 0 Å². The van der Waals surface area contributed by atoms with Crippen LogP contribution in [0.25, 0.3) is 0 Å². The molecule has 1 aliphatic heterocycles. The summed E-state index contributed by atoms with van der Waals surface area (Å²) in [6.45, 7) is 1.07. The van der Waals surface area contributed by atoms with Crippen molar-refractivity contribution in [1.29, 1.82) is 0 Å². The number of nitrogens with zero attached hydrogens (tertiary/aromatic N) is 2. The molecule has 6 nitrogen and oxygen atoms in total. The largest absolute Gasteiger partial charge is 0.375 e. The molecule has 108 valence electrons. The molecule has 1 saturated heterocycles. The summed E-state index contributed by atoms with van der Waals surface area (Å²) in [5.41, 5.74) is 6.31. The summed E-state index contributed by atoms with van der Waals surface area (Å²) >= 11 is 1.36. The van der Waals surface area contributed by atoms with Crippen molar-refractivity contribution in [2.24, 2.45) is 5.92 Å². The van der Waals surface area contributed by atoms with E-state index in [0.717, 1.165) is 31.4 Å². The van der Waals surface area contributed by atoms with Crippen LogP contribution in [-0.2, 0) is 16.1 Å². The molecule has 2 aliphatic rings. The minimum atomic E-state index is -0.306. The molecule has 2 amide bonds. The molecule has 0 radical (unpaired) electrons. The van der Waals surface area contributed by atoms with Crippen molar-refractivity contribution in [3.63, 3.8) is 0 Å². The van der Waals surface area contributed by atoms with Gasteiger partial charge < -0.3 is 16.0 Å². The van der Waals surface area contributed by atoms with Gasteiger partial charge in [0.2, 0.25) is 11.8 Å². The quantitative estimate of drug-likeness (QED) is 0.857. The second-order valence-corrected chi connectivity index (χ2v) is 6.25. The number of nitrogens with one attached hydrogen (secondary N) is 1. The van der Waals surface area contributed by atoms with Crippen LogP contribution in [0.2, 0.25) is 0 Å². The Labute approximate surface area is 121 Å². The van der Waals surface area contributed by atoms with E-state index >= 15 is 0 Å². The number of carbonyl (C=O) groups excluding carboxylic acids is 2. The molecule has 1 atom stereocenters. The van der Waals surface area contributed by atoms with Gasteiger partial charge in [0.25, 0.3) is 0 Å². The fourth-order valence-corrected chi connectivity index (χ4v) is 3.13. The van der Waals surface area contributed by atoms with Crippen LogP contribution in [0.3, 0.4) is 0 Å². The Morgan fingerprint density at radius 3 is 2.90 bits per heavy atom. The first-order valence-electron chi connectivity index (χ1n) is 6.93. The fourth-order valence-electron chi connectivity index (χ4n) is 2.57. The third kappa shape index (κ3) is 2.77. The number of hydrogen-bond donors (Lipinski definition) is 2.